The molecule has 0 aliphatic carbocycles. The Kier molecular flexibility index (Phi) is 5.52. The van der Waals surface area contributed by atoms with E-state index in [4.69, 9.17) is 0 Å². The highest BCUT2D eigenvalue weighted by Gasteiger charge is 2.30. The molecule has 0 spiro atoms. The van der Waals surface area contributed by atoms with Crippen molar-refractivity contribution in [1.82, 2.24) is 0 Å². The minimum absolute atomic E-state index is 0.708. The maximum absolute atomic E-state index is 2.36. The molecule has 0 aliphatic rings. The van der Waals surface area contributed by atoms with Crippen LogP contribution in [0.3, 0.4) is 0 Å². The van der Waals surface area contributed by atoms with Gasteiger partial charge >= 0.3 is 0 Å². The summed E-state index contributed by atoms with van der Waals surface area (Å²) in [6, 6.07) is 22.4. The van der Waals surface area contributed by atoms with E-state index in [1.807, 2.05) is 0 Å². The van der Waals surface area contributed by atoms with Gasteiger partial charge in [0.05, 0.1) is 0 Å². The van der Waals surface area contributed by atoms with Crippen LogP contribution >= 0.6 is 10.0 Å². The van der Waals surface area contributed by atoms with E-state index in [1.165, 1.54) is 11.5 Å². The van der Waals surface area contributed by atoms with Crippen LogP contribution < -0.4 is 0 Å². The van der Waals surface area contributed by atoms with Gasteiger partial charge in [0.25, 0.3) is 0 Å². The molecule has 0 nitrogen and oxygen atoms in total. The van der Waals surface area contributed by atoms with Gasteiger partial charge in [-0.25, -0.2) is 0 Å². The summed E-state index contributed by atoms with van der Waals surface area (Å²) in [5.41, 5.74) is 0. The predicted octanol–water partition coefficient (Wildman–Crippen LogP) is 6.22. The molecule has 114 valence electrons. The number of hydrogen-bond donors (Lipinski definition) is 0. The quantitative estimate of drug-likeness (QED) is 0.594. The molecular formula is C20H28S. The normalized spacial score (nSPS) is 12.9. The monoisotopic (exact) mass is 300 g/mol. The van der Waals surface area contributed by atoms with Gasteiger partial charge in [0.2, 0.25) is 0 Å². The van der Waals surface area contributed by atoms with Crippen LogP contribution in [0.4, 0.5) is 0 Å². The molecule has 0 radical (unpaired) electrons. The minimum atomic E-state index is -0.952. The molecule has 0 heterocycles. The van der Waals surface area contributed by atoms with Crippen LogP contribution in [0, 0.1) is 11.8 Å². The van der Waals surface area contributed by atoms with Gasteiger partial charge in [-0.1, -0.05) is 64.1 Å². The van der Waals surface area contributed by atoms with Gasteiger partial charge in [0.1, 0.15) is 0 Å². The summed E-state index contributed by atoms with van der Waals surface area (Å²) in [7, 11) is -0.952. The highest BCUT2D eigenvalue weighted by atomic mass is 32.3. The van der Waals surface area contributed by atoms with Crippen LogP contribution in [0.2, 0.25) is 0 Å². The van der Waals surface area contributed by atoms with Gasteiger partial charge in [-0.3, -0.25) is 0 Å². The highest BCUT2D eigenvalue weighted by molar-refractivity contribution is 8.33. The van der Waals surface area contributed by atoms with E-state index in [2.05, 4.69) is 88.4 Å². The number of hydrogen-bond acceptors (Lipinski definition) is 0. The van der Waals surface area contributed by atoms with E-state index in [0.717, 1.165) is 0 Å². The van der Waals surface area contributed by atoms with Crippen LogP contribution in [-0.2, 0) is 0 Å². The Hall–Kier alpha value is -1.21. The lowest BCUT2D eigenvalue weighted by atomic mass is 10.3. The van der Waals surface area contributed by atoms with Crippen LogP contribution in [0.25, 0.3) is 0 Å². The Morgan fingerprint density at radius 2 is 0.952 bits per heavy atom. The Balaban J connectivity index is 2.59. The third kappa shape index (κ3) is 3.91. The molecule has 0 fully saturated rings. The third-order valence-corrected chi connectivity index (χ3v) is 8.44. The van der Waals surface area contributed by atoms with Crippen molar-refractivity contribution >= 4 is 10.0 Å². The molecule has 0 unspecified atom stereocenters. The van der Waals surface area contributed by atoms with E-state index in [9.17, 15) is 0 Å². The van der Waals surface area contributed by atoms with Crippen LogP contribution in [0.5, 0.6) is 0 Å². The first-order valence-electron chi connectivity index (χ1n) is 7.93. The van der Waals surface area contributed by atoms with Crippen molar-refractivity contribution in [3.63, 3.8) is 0 Å². The van der Waals surface area contributed by atoms with Crippen molar-refractivity contribution in [3.8, 4) is 0 Å². The van der Waals surface area contributed by atoms with Crippen molar-refractivity contribution in [2.45, 2.75) is 37.5 Å². The topological polar surface area (TPSA) is 0 Å². The second-order valence-electron chi connectivity index (χ2n) is 6.63. The zero-order valence-corrected chi connectivity index (χ0v) is 14.6. The largest absolute Gasteiger partial charge is 0.187 e. The van der Waals surface area contributed by atoms with Gasteiger partial charge in [0, 0.05) is 0 Å². The summed E-state index contributed by atoms with van der Waals surface area (Å²) in [5.74, 6) is 3.97. The maximum Gasteiger partial charge on any atom is -0.00590 e. The zero-order chi connectivity index (χ0) is 15.3. The lowest BCUT2D eigenvalue weighted by Gasteiger charge is -2.44. The van der Waals surface area contributed by atoms with E-state index in [1.54, 1.807) is 9.79 Å². The fraction of sp³-hybridized carbons (Fsp3) is 0.400. The first-order chi connectivity index (χ1) is 10.0. The second-order valence-corrected chi connectivity index (χ2v) is 10.0. The molecule has 0 amide bonds. The third-order valence-electron chi connectivity index (χ3n) is 3.62. The summed E-state index contributed by atoms with van der Waals surface area (Å²) < 4.78 is 0. The Morgan fingerprint density at radius 1 is 0.619 bits per heavy atom. The van der Waals surface area contributed by atoms with Crippen LogP contribution in [-0.4, -0.2) is 11.5 Å². The van der Waals surface area contributed by atoms with E-state index < -0.39 is 10.0 Å². The molecule has 0 saturated carbocycles. The van der Waals surface area contributed by atoms with Gasteiger partial charge in [-0.15, -0.1) is 0 Å². The summed E-state index contributed by atoms with van der Waals surface area (Å²) in [6.07, 6.45) is 0. The molecule has 0 saturated heterocycles. The average molecular weight is 301 g/mol. The minimum Gasteiger partial charge on any atom is -0.187 e. The molecule has 0 bridgehead atoms. The summed E-state index contributed by atoms with van der Waals surface area (Å²) in [5, 5.41) is 0. The van der Waals surface area contributed by atoms with Crippen molar-refractivity contribution in [3.05, 3.63) is 60.7 Å². The zero-order valence-electron chi connectivity index (χ0n) is 13.8. The number of benzene rings is 2. The van der Waals surface area contributed by atoms with Crippen molar-refractivity contribution in [2.24, 2.45) is 11.8 Å². The fourth-order valence-electron chi connectivity index (χ4n) is 3.09. The molecule has 2 rings (SSSR count). The molecule has 0 N–H and O–H groups in total. The Morgan fingerprint density at radius 3 is 1.24 bits per heavy atom. The molecule has 2 aromatic carbocycles. The molecule has 0 aliphatic heterocycles. The lowest BCUT2D eigenvalue weighted by Crippen LogP contribution is -2.18. The maximum atomic E-state index is 2.36. The van der Waals surface area contributed by atoms with Gasteiger partial charge in [-0.2, -0.15) is 10.0 Å². The lowest BCUT2D eigenvalue weighted by molar-refractivity contribution is 0.717. The second kappa shape index (κ2) is 7.17. The molecule has 0 atom stereocenters. The van der Waals surface area contributed by atoms with E-state index in [0.29, 0.717) is 11.8 Å². The Bertz CT molecular complexity index is 477. The number of rotatable bonds is 6. The molecule has 0 aromatic heterocycles. The van der Waals surface area contributed by atoms with Gasteiger partial charge < -0.3 is 0 Å². The standard InChI is InChI=1S/C20H28S/c1-17(2)15-21(16-18(3)4,19-11-7-5-8-12-19)20-13-9-6-10-14-20/h5-14,17-18H,15-16H2,1-4H3. The van der Waals surface area contributed by atoms with Gasteiger partial charge in [0.15, 0.2) is 0 Å². The summed E-state index contributed by atoms with van der Waals surface area (Å²) >= 11 is 0. The molecule has 21 heavy (non-hydrogen) atoms. The SMILES string of the molecule is CC(C)CS(CC(C)C)(c1ccccc1)c1ccccc1. The highest BCUT2D eigenvalue weighted by Crippen LogP contribution is 2.64. The van der Waals surface area contributed by atoms with E-state index >= 15 is 0 Å². The smallest absolute Gasteiger partial charge is 0.00590 e. The van der Waals surface area contributed by atoms with Crippen molar-refractivity contribution < 1.29 is 0 Å². The summed E-state index contributed by atoms with van der Waals surface area (Å²) in [4.78, 5) is 3.08. The first kappa shape index (κ1) is 16.2. The first-order valence-corrected chi connectivity index (χ1v) is 9.90. The van der Waals surface area contributed by atoms with Crippen molar-refractivity contribution in [2.75, 3.05) is 11.5 Å². The van der Waals surface area contributed by atoms with Gasteiger partial charge in [-0.05, 0) is 57.4 Å². The van der Waals surface area contributed by atoms with E-state index in [-0.39, 0.29) is 0 Å². The average Bonchev–Trinajstić information content (AvgIpc) is 2.47. The predicted molar refractivity (Wildman–Crippen MR) is 96.4 cm³/mol. The summed E-state index contributed by atoms with van der Waals surface area (Å²) in [6.45, 7) is 9.42. The molecule has 1 heteroatoms. The fourth-order valence-corrected chi connectivity index (χ4v) is 7.90. The molecular weight excluding hydrogens is 272 g/mol. The van der Waals surface area contributed by atoms with Crippen molar-refractivity contribution in [1.29, 1.82) is 0 Å². The van der Waals surface area contributed by atoms with Crippen LogP contribution in [0.15, 0.2) is 70.5 Å². The molecule has 2 aromatic rings. The Labute approximate surface area is 131 Å². The van der Waals surface area contributed by atoms with Crippen LogP contribution in [0.1, 0.15) is 27.7 Å².